The van der Waals surface area contributed by atoms with Gasteiger partial charge in [0.1, 0.15) is 12.3 Å². The molecule has 1 rings (SSSR count). The molecule has 1 fully saturated rings. The highest BCUT2D eigenvalue weighted by atomic mass is 19.1. The van der Waals surface area contributed by atoms with E-state index in [9.17, 15) is 8.78 Å². The van der Waals surface area contributed by atoms with Crippen molar-refractivity contribution in [1.82, 2.24) is 0 Å². The first kappa shape index (κ1) is 19.4. The second-order valence-electron chi connectivity index (χ2n) is 3.01. The van der Waals surface area contributed by atoms with Gasteiger partial charge in [0.2, 0.25) is 0 Å². The number of halogens is 2. The Balaban J connectivity index is -0.000000216. The third kappa shape index (κ3) is 9.90. The third-order valence-electron chi connectivity index (χ3n) is 1.83. The van der Waals surface area contributed by atoms with E-state index >= 15 is 0 Å². The first-order chi connectivity index (χ1) is 6.18. The summed E-state index contributed by atoms with van der Waals surface area (Å²) in [7, 11) is 0. The highest BCUT2D eigenvalue weighted by Gasteiger charge is 2.25. The van der Waals surface area contributed by atoms with Crippen LogP contribution < -0.4 is 0 Å². The van der Waals surface area contributed by atoms with Gasteiger partial charge in [-0.05, 0) is 18.8 Å². The standard InChI is InChI=1S/C7H12F2.2C2H6.H2O/c1-5-2-6(8)4-7(9)3-5;2*1-2;/h5-7H,2-4H2,1H3;2*1-2H3;1H2. The molecule has 1 saturated carbocycles. The summed E-state index contributed by atoms with van der Waals surface area (Å²) in [6, 6.07) is 0. The maximum atomic E-state index is 12.4. The molecule has 0 aromatic rings. The fraction of sp³-hybridized carbons (Fsp3) is 1.00. The van der Waals surface area contributed by atoms with Gasteiger partial charge in [0, 0.05) is 6.42 Å². The fourth-order valence-electron chi connectivity index (χ4n) is 1.44. The lowest BCUT2D eigenvalue weighted by molar-refractivity contribution is 0.123. The Kier molecular flexibility index (Phi) is 17.8. The Morgan fingerprint density at radius 2 is 1.07 bits per heavy atom. The Labute approximate surface area is 87.2 Å². The van der Waals surface area contributed by atoms with Gasteiger partial charge in [-0.3, -0.25) is 0 Å². The topological polar surface area (TPSA) is 31.5 Å². The maximum Gasteiger partial charge on any atom is 0.103 e. The van der Waals surface area contributed by atoms with Crippen molar-refractivity contribution < 1.29 is 14.3 Å². The Morgan fingerprint density at radius 3 is 1.29 bits per heavy atom. The Hall–Kier alpha value is -0.180. The van der Waals surface area contributed by atoms with E-state index < -0.39 is 12.3 Å². The van der Waals surface area contributed by atoms with Crippen LogP contribution >= 0.6 is 0 Å². The number of alkyl halides is 2. The van der Waals surface area contributed by atoms with Crippen LogP contribution in [0.2, 0.25) is 0 Å². The summed E-state index contributed by atoms with van der Waals surface area (Å²) in [4.78, 5) is 0. The van der Waals surface area contributed by atoms with Crippen molar-refractivity contribution in [2.75, 3.05) is 0 Å². The largest absolute Gasteiger partial charge is 0.412 e. The molecule has 2 unspecified atom stereocenters. The summed E-state index contributed by atoms with van der Waals surface area (Å²) in [5.41, 5.74) is 0. The SMILES string of the molecule is CC.CC.CC1CC(F)CC(F)C1.O. The molecule has 1 aliphatic rings. The van der Waals surface area contributed by atoms with Crippen LogP contribution in [-0.2, 0) is 0 Å². The van der Waals surface area contributed by atoms with E-state index in [4.69, 9.17) is 0 Å². The van der Waals surface area contributed by atoms with E-state index in [1.165, 1.54) is 0 Å². The molecule has 2 N–H and O–H groups in total. The molecule has 0 aromatic carbocycles. The highest BCUT2D eigenvalue weighted by molar-refractivity contribution is 4.75. The van der Waals surface area contributed by atoms with E-state index in [1.807, 2.05) is 34.6 Å². The second kappa shape index (κ2) is 12.8. The van der Waals surface area contributed by atoms with Gasteiger partial charge in [0.25, 0.3) is 0 Å². The molecular weight excluding hydrogens is 186 g/mol. The molecule has 2 atom stereocenters. The van der Waals surface area contributed by atoms with Crippen molar-refractivity contribution in [3.05, 3.63) is 0 Å². The average molecular weight is 212 g/mol. The lowest BCUT2D eigenvalue weighted by atomic mass is 9.88. The van der Waals surface area contributed by atoms with Crippen molar-refractivity contribution in [3.8, 4) is 0 Å². The van der Waals surface area contributed by atoms with E-state index in [0.717, 1.165) is 0 Å². The minimum Gasteiger partial charge on any atom is -0.412 e. The summed E-state index contributed by atoms with van der Waals surface area (Å²) < 4.78 is 24.9. The van der Waals surface area contributed by atoms with Gasteiger partial charge in [-0.1, -0.05) is 34.6 Å². The number of hydrogen-bond acceptors (Lipinski definition) is 0. The number of hydrogen-bond donors (Lipinski definition) is 0. The molecule has 0 heterocycles. The lowest BCUT2D eigenvalue weighted by Crippen LogP contribution is -2.22. The van der Waals surface area contributed by atoms with Crippen LogP contribution in [-0.4, -0.2) is 17.8 Å². The maximum absolute atomic E-state index is 12.4. The minimum absolute atomic E-state index is 0. The van der Waals surface area contributed by atoms with E-state index in [1.54, 1.807) is 0 Å². The molecule has 14 heavy (non-hydrogen) atoms. The summed E-state index contributed by atoms with van der Waals surface area (Å²) in [6.07, 6.45) is -0.530. The van der Waals surface area contributed by atoms with Crippen LogP contribution in [0.1, 0.15) is 53.9 Å². The molecular formula is C11H26F2O. The van der Waals surface area contributed by atoms with E-state index in [-0.39, 0.29) is 17.8 Å². The van der Waals surface area contributed by atoms with Gasteiger partial charge in [-0.15, -0.1) is 0 Å². The summed E-state index contributed by atoms with van der Waals surface area (Å²) in [5, 5.41) is 0. The quantitative estimate of drug-likeness (QED) is 0.586. The molecule has 0 aromatic heterocycles. The van der Waals surface area contributed by atoms with Gasteiger partial charge in [-0.25, -0.2) is 8.78 Å². The van der Waals surface area contributed by atoms with Crippen LogP contribution in [0.25, 0.3) is 0 Å². The van der Waals surface area contributed by atoms with Crippen molar-refractivity contribution in [1.29, 1.82) is 0 Å². The van der Waals surface area contributed by atoms with Gasteiger partial charge in [-0.2, -0.15) is 0 Å². The number of rotatable bonds is 0. The van der Waals surface area contributed by atoms with Crippen molar-refractivity contribution in [2.45, 2.75) is 66.2 Å². The van der Waals surface area contributed by atoms with Crippen LogP contribution in [0.5, 0.6) is 0 Å². The predicted octanol–water partition coefficient (Wildman–Crippen LogP) is 3.71. The Bertz CT molecular complexity index is 74.3. The van der Waals surface area contributed by atoms with Crippen molar-refractivity contribution >= 4 is 0 Å². The van der Waals surface area contributed by atoms with E-state index in [2.05, 4.69) is 0 Å². The van der Waals surface area contributed by atoms with Crippen molar-refractivity contribution in [2.24, 2.45) is 5.92 Å². The molecule has 0 bridgehead atoms. The van der Waals surface area contributed by atoms with Gasteiger partial charge < -0.3 is 5.48 Å². The minimum atomic E-state index is -0.885. The van der Waals surface area contributed by atoms with Crippen LogP contribution in [0.15, 0.2) is 0 Å². The summed E-state index contributed by atoms with van der Waals surface area (Å²) >= 11 is 0. The highest BCUT2D eigenvalue weighted by Crippen LogP contribution is 2.27. The molecule has 1 nitrogen and oxygen atoms in total. The monoisotopic (exact) mass is 212 g/mol. The smallest absolute Gasteiger partial charge is 0.103 e. The molecule has 1 aliphatic carbocycles. The average Bonchev–Trinajstić information content (AvgIpc) is 2.09. The molecule has 0 aliphatic heterocycles. The fourth-order valence-corrected chi connectivity index (χ4v) is 1.44. The molecule has 0 amide bonds. The van der Waals surface area contributed by atoms with Crippen LogP contribution in [0, 0.1) is 5.92 Å². The first-order valence-corrected chi connectivity index (χ1v) is 5.46. The van der Waals surface area contributed by atoms with Crippen LogP contribution in [0.3, 0.4) is 0 Å². The summed E-state index contributed by atoms with van der Waals surface area (Å²) in [5.74, 6) is 0.240. The predicted molar refractivity (Wildman–Crippen MR) is 59.1 cm³/mol. The molecule has 0 radical (unpaired) electrons. The zero-order chi connectivity index (χ0) is 10.9. The van der Waals surface area contributed by atoms with Gasteiger partial charge in [0.15, 0.2) is 0 Å². The summed E-state index contributed by atoms with van der Waals surface area (Å²) in [6.45, 7) is 9.90. The van der Waals surface area contributed by atoms with Gasteiger partial charge in [0.05, 0.1) is 0 Å². The second-order valence-corrected chi connectivity index (χ2v) is 3.01. The zero-order valence-corrected chi connectivity index (χ0v) is 10.1. The van der Waals surface area contributed by atoms with E-state index in [0.29, 0.717) is 12.8 Å². The third-order valence-corrected chi connectivity index (χ3v) is 1.83. The zero-order valence-electron chi connectivity index (χ0n) is 10.1. The molecule has 0 spiro atoms. The van der Waals surface area contributed by atoms with Gasteiger partial charge >= 0.3 is 0 Å². The Morgan fingerprint density at radius 1 is 0.786 bits per heavy atom. The van der Waals surface area contributed by atoms with Crippen molar-refractivity contribution in [3.63, 3.8) is 0 Å². The molecule has 90 valence electrons. The van der Waals surface area contributed by atoms with Crippen LogP contribution in [0.4, 0.5) is 8.78 Å². The first-order valence-electron chi connectivity index (χ1n) is 5.46. The lowest BCUT2D eigenvalue weighted by Gasteiger charge is -2.23. The molecule has 3 heteroatoms. The molecule has 0 saturated heterocycles. The normalized spacial score (nSPS) is 29.8.